The lowest BCUT2D eigenvalue weighted by molar-refractivity contribution is 0.0336. The van der Waals surface area contributed by atoms with Crippen molar-refractivity contribution in [2.24, 2.45) is 0 Å². The average Bonchev–Trinajstić information content (AvgIpc) is 2.36. The van der Waals surface area contributed by atoms with Gasteiger partial charge in [-0.05, 0) is 24.1 Å². The van der Waals surface area contributed by atoms with Crippen LogP contribution in [0.25, 0.3) is 0 Å². The first kappa shape index (κ1) is 14.0. The molecule has 0 bridgehead atoms. The standard InChI is InChI=1S/C12H16O4S/c1-7-3-4-8(11(14)10(13)6-17)5-9(7)12(15)16-2/h3-5,10-11,13-14,17H,6H2,1-2H3. The van der Waals surface area contributed by atoms with Gasteiger partial charge in [-0.3, -0.25) is 0 Å². The second kappa shape index (κ2) is 6.05. The quantitative estimate of drug-likeness (QED) is 0.557. The van der Waals surface area contributed by atoms with Crippen LogP contribution < -0.4 is 0 Å². The number of rotatable bonds is 4. The first-order chi connectivity index (χ1) is 8.01. The minimum absolute atomic E-state index is 0.141. The number of aliphatic hydroxyl groups excluding tert-OH is 2. The van der Waals surface area contributed by atoms with Crippen molar-refractivity contribution in [2.45, 2.75) is 19.1 Å². The Bertz CT molecular complexity index is 405. The molecule has 0 aromatic heterocycles. The van der Waals surface area contributed by atoms with Crippen LogP contribution in [0.15, 0.2) is 18.2 Å². The third-order valence-electron chi connectivity index (χ3n) is 2.56. The van der Waals surface area contributed by atoms with Crippen molar-refractivity contribution in [2.75, 3.05) is 12.9 Å². The van der Waals surface area contributed by atoms with Crippen molar-refractivity contribution < 1.29 is 19.7 Å². The van der Waals surface area contributed by atoms with Crippen molar-refractivity contribution in [3.63, 3.8) is 0 Å². The van der Waals surface area contributed by atoms with Gasteiger partial charge in [0.15, 0.2) is 0 Å². The van der Waals surface area contributed by atoms with Crippen LogP contribution >= 0.6 is 12.6 Å². The van der Waals surface area contributed by atoms with Crippen LogP contribution in [0.2, 0.25) is 0 Å². The van der Waals surface area contributed by atoms with E-state index in [0.717, 1.165) is 5.56 Å². The highest BCUT2D eigenvalue weighted by Crippen LogP contribution is 2.21. The fraction of sp³-hybridized carbons (Fsp3) is 0.417. The maximum Gasteiger partial charge on any atom is 0.338 e. The lowest BCUT2D eigenvalue weighted by Gasteiger charge is -2.17. The molecule has 0 saturated heterocycles. The Morgan fingerprint density at radius 2 is 2.12 bits per heavy atom. The normalized spacial score (nSPS) is 14.2. The molecule has 1 rings (SSSR count). The van der Waals surface area contributed by atoms with Gasteiger partial charge in [0.05, 0.1) is 18.8 Å². The number of thiol groups is 1. The summed E-state index contributed by atoms with van der Waals surface area (Å²) in [5.41, 5.74) is 1.61. The molecule has 4 nitrogen and oxygen atoms in total. The summed E-state index contributed by atoms with van der Waals surface area (Å²) in [5, 5.41) is 19.3. The minimum atomic E-state index is -1.06. The summed E-state index contributed by atoms with van der Waals surface area (Å²) >= 11 is 3.91. The molecule has 0 fully saturated rings. The smallest absolute Gasteiger partial charge is 0.338 e. The SMILES string of the molecule is COC(=O)c1cc(C(O)C(O)CS)ccc1C. The van der Waals surface area contributed by atoms with Crippen LogP contribution in [-0.4, -0.2) is 35.1 Å². The highest BCUT2D eigenvalue weighted by atomic mass is 32.1. The molecule has 0 radical (unpaired) electrons. The molecule has 1 aromatic rings. The molecule has 0 saturated carbocycles. The highest BCUT2D eigenvalue weighted by molar-refractivity contribution is 7.80. The van der Waals surface area contributed by atoms with Crippen LogP contribution in [-0.2, 0) is 4.74 Å². The molecule has 2 atom stereocenters. The third-order valence-corrected chi connectivity index (χ3v) is 2.93. The van der Waals surface area contributed by atoms with Gasteiger partial charge < -0.3 is 14.9 Å². The second-order valence-corrected chi connectivity index (χ2v) is 4.13. The van der Waals surface area contributed by atoms with Crippen LogP contribution in [0.4, 0.5) is 0 Å². The molecule has 1 aromatic carbocycles. The molecule has 2 unspecified atom stereocenters. The van der Waals surface area contributed by atoms with Crippen molar-refractivity contribution in [1.29, 1.82) is 0 Å². The first-order valence-corrected chi connectivity index (χ1v) is 5.80. The molecule has 0 aliphatic rings. The molecule has 0 heterocycles. The van der Waals surface area contributed by atoms with Crippen LogP contribution in [0.5, 0.6) is 0 Å². The number of hydrogen-bond donors (Lipinski definition) is 3. The number of esters is 1. The third kappa shape index (κ3) is 3.21. The number of methoxy groups -OCH3 is 1. The number of aliphatic hydroxyl groups is 2. The largest absolute Gasteiger partial charge is 0.465 e. The topological polar surface area (TPSA) is 66.8 Å². The maximum absolute atomic E-state index is 11.5. The van der Waals surface area contributed by atoms with Crippen molar-refractivity contribution in [3.8, 4) is 0 Å². The predicted octanol–water partition coefficient (Wildman–Crippen LogP) is 1.11. The molecule has 5 heteroatoms. The summed E-state index contributed by atoms with van der Waals surface area (Å²) in [4.78, 5) is 11.5. The van der Waals surface area contributed by atoms with Gasteiger partial charge in [0, 0.05) is 5.75 Å². The van der Waals surface area contributed by atoms with Crippen molar-refractivity contribution in [3.05, 3.63) is 34.9 Å². The molecule has 0 spiro atoms. The second-order valence-electron chi connectivity index (χ2n) is 3.76. The van der Waals surface area contributed by atoms with Crippen molar-refractivity contribution >= 4 is 18.6 Å². The fourth-order valence-corrected chi connectivity index (χ4v) is 1.68. The summed E-state index contributed by atoms with van der Waals surface area (Å²) in [6.07, 6.45) is -2.02. The summed E-state index contributed by atoms with van der Waals surface area (Å²) in [5.74, 6) is -0.320. The zero-order chi connectivity index (χ0) is 13.0. The molecule has 2 N–H and O–H groups in total. The Labute approximate surface area is 106 Å². The number of hydrogen-bond acceptors (Lipinski definition) is 5. The van der Waals surface area contributed by atoms with E-state index >= 15 is 0 Å². The molecule has 0 amide bonds. The van der Waals surface area contributed by atoms with E-state index in [1.165, 1.54) is 13.2 Å². The maximum atomic E-state index is 11.5. The van der Waals surface area contributed by atoms with E-state index in [0.29, 0.717) is 11.1 Å². The lowest BCUT2D eigenvalue weighted by Crippen LogP contribution is -2.20. The molecular formula is C12H16O4S. The molecule has 17 heavy (non-hydrogen) atoms. The summed E-state index contributed by atoms with van der Waals surface area (Å²) in [6.45, 7) is 1.78. The van der Waals surface area contributed by atoms with E-state index < -0.39 is 18.2 Å². The lowest BCUT2D eigenvalue weighted by atomic mass is 9.99. The highest BCUT2D eigenvalue weighted by Gasteiger charge is 2.19. The Hall–Kier alpha value is -1.04. The molecule has 0 aliphatic heterocycles. The number of aryl methyl sites for hydroxylation is 1. The molecular weight excluding hydrogens is 240 g/mol. The van der Waals surface area contributed by atoms with Gasteiger partial charge in [-0.15, -0.1) is 0 Å². The zero-order valence-corrected chi connectivity index (χ0v) is 10.6. The van der Waals surface area contributed by atoms with Gasteiger partial charge in [0.2, 0.25) is 0 Å². The Balaban J connectivity index is 3.08. The summed E-state index contributed by atoms with van der Waals surface area (Å²) in [6, 6.07) is 4.90. The molecule has 0 aliphatic carbocycles. The monoisotopic (exact) mass is 256 g/mol. The predicted molar refractivity (Wildman–Crippen MR) is 67.3 cm³/mol. The first-order valence-electron chi connectivity index (χ1n) is 5.17. The number of benzene rings is 1. The minimum Gasteiger partial charge on any atom is -0.465 e. The van der Waals surface area contributed by atoms with Gasteiger partial charge in [0.25, 0.3) is 0 Å². The number of carbonyl (C=O) groups excluding carboxylic acids is 1. The zero-order valence-electron chi connectivity index (χ0n) is 9.75. The van der Waals surface area contributed by atoms with E-state index in [1.54, 1.807) is 19.1 Å². The molecule has 94 valence electrons. The van der Waals surface area contributed by atoms with E-state index in [4.69, 9.17) is 0 Å². The van der Waals surface area contributed by atoms with Crippen LogP contribution in [0.1, 0.15) is 27.6 Å². The van der Waals surface area contributed by atoms with E-state index in [9.17, 15) is 15.0 Å². The van der Waals surface area contributed by atoms with E-state index in [1.807, 2.05) is 0 Å². The van der Waals surface area contributed by atoms with Crippen LogP contribution in [0, 0.1) is 6.92 Å². The Morgan fingerprint density at radius 1 is 1.47 bits per heavy atom. The van der Waals surface area contributed by atoms with Crippen molar-refractivity contribution in [1.82, 2.24) is 0 Å². The average molecular weight is 256 g/mol. The summed E-state index contributed by atoms with van der Waals surface area (Å²) in [7, 11) is 1.30. The fourth-order valence-electron chi connectivity index (χ4n) is 1.48. The Kier molecular flexibility index (Phi) is 4.99. The van der Waals surface area contributed by atoms with Crippen LogP contribution in [0.3, 0.4) is 0 Å². The Morgan fingerprint density at radius 3 is 2.65 bits per heavy atom. The van der Waals surface area contributed by atoms with E-state index in [-0.39, 0.29) is 5.75 Å². The van der Waals surface area contributed by atoms with Gasteiger partial charge in [0.1, 0.15) is 6.10 Å². The van der Waals surface area contributed by atoms with Gasteiger partial charge >= 0.3 is 5.97 Å². The van der Waals surface area contributed by atoms with Gasteiger partial charge in [-0.2, -0.15) is 12.6 Å². The summed E-state index contributed by atoms with van der Waals surface area (Å²) < 4.78 is 4.64. The van der Waals surface area contributed by atoms with Gasteiger partial charge in [-0.25, -0.2) is 4.79 Å². The number of ether oxygens (including phenoxy) is 1. The number of carbonyl (C=O) groups is 1. The van der Waals surface area contributed by atoms with E-state index in [2.05, 4.69) is 17.4 Å². The van der Waals surface area contributed by atoms with Gasteiger partial charge in [-0.1, -0.05) is 12.1 Å².